The Morgan fingerprint density at radius 2 is 2.36 bits per heavy atom. The maximum absolute atomic E-state index is 5.91. The molecule has 5 heteroatoms. The van der Waals surface area contributed by atoms with E-state index in [0.29, 0.717) is 5.92 Å². The second kappa shape index (κ2) is 4.94. The number of hydrogen-bond donors (Lipinski definition) is 1. The normalized spacial score (nSPS) is 26.6. The summed E-state index contributed by atoms with van der Waals surface area (Å²) >= 11 is 7.46. The van der Waals surface area contributed by atoms with Gasteiger partial charge in [0.25, 0.3) is 0 Å². The molecule has 78 valence electrons. The van der Waals surface area contributed by atoms with Gasteiger partial charge in [0.05, 0.1) is 0 Å². The van der Waals surface area contributed by atoms with Crippen molar-refractivity contribution in [1.29, 1.82) is 0 Å². The van der Waals surface area contributed by atoms with E-state index >= 15 is 0 Å². The van der Waals surface area contributed by atoms with Crippen LogP contribution < -0.4 is 5.32 Å². The maximum Gasteiger partial charge on any atom is 0.205 e. The first-order valence-corrected chi connectivity index (χ1v) is 6.37. The van der Waals surface area contributed by atoms with Gasteiger partial charge < -0.3 is 5.32 Å². The van der Waals surface area contributed by atoms with Crippen LogP contribution in [0.4, 0.5) is 5.13 Å². The third kappa shape index (κ3) is 2.36. The number of alkyl halides is 1. The first-order valence-electron chi connectivity index (χ1n) is 4.96. The van der Waals surface area contributed by atoms with Crippen LogP contribution in [0.5, 0.6) is 0 Å². The maximum atomic E-state index is 5.91. The zero-order valence-electron chi connectivity index (χ0n) is 7.95. The van der Waals surface area contributed by atoms with Crippen molar-refractivity contribution in [2.75, 3.05) is 17.7 Å². The Morgan fingerprint density at radius 1 is 1.50 bits per heavy atom. The van der Waals surface area contributed by atoms with Gasteiger partial charge in [0, 0.05) is 12.4 Å². The lowest BCUT2D eigenvalue weighted by atomic mass is 9.98. The summed E-state index contributed by atoms with van der Waals surface area (Å²) in [6.07, 6.45) is 3.90. The van der Waals surface area contributed by atoms with Gasteiger partial charge in [-0.05, 0) is 24.7 Å². The summed E-state index contributed by atoms with van der Waals surface area (Å²) in [5, 5.41) is 12.0. The highest BCUT2D eigenvalue weighted by atomic mass is 35.5. The summed E-state index contributed by atoms with van der Waals surface area (Å²) in [5.41, 5.74) is 1.75. The van der Waals surface area contributed by atoms with E-state index in [1.54, 1.807) is 16.8 Å². The Labute approximate surface area is 92.9 Å². The summed E-state index contributed by atoms with van der Waals surface area (Å²) in [6.45, 7) is 0.993. The predicted octanol–water partition coefficient (Wildman–Crippen LogP) is 2.61. The van der Waals surface area contributed by atoms with Crippen molar-refractivity contribution in [3.05, 3.63) is 5.51 Å². The van der Waals surface area contributed by atoms with Gasteiger partial charge in [0.2, 0.25) is 5.13 Å². The third-order valence-corrected chi connectivity index (χ3v) is 3.94. The van der Waals surface area contributed by atoms with Crippen molar-refractivity contribution < 1.29 is 0 Å². The monoisotopic (exact) mass is 231 g/mol. The van der Waals surface area contributed by atoms with Crippen LogP contribution in [0.25, 0.3) is 0 Å². The highest BCUT2D eigenvalue weighted by Gasteiger charge is 2.26. The largest absolute Gasteiger partial charge is 0.360 e. The molecule has 0 aromatic carbocycles. The Hall–Kier alpha value is -0.350. The van der Waals surface area contributed by atoms with Crippen LogP contribution in [-0.4, -0.2) is 22.6 Å². The summed E-state index contributed by atoms with van der Waals surface area (Å²) in [4.78, 5) is 0. The van der Waals surface area contributed by atoms with E-state index in [1.165, 1.54) is 19.3 Å². The lowest BCUT2D eigenvalue weighted by Crippen LogP contribution is -2.19. The van der Waals surface area contributed by atoms with Crippen LogP contribution in [0.15, 0.2) is 5.51 Å². The topological polar surface area (TPSA) is 37.8 Å². The molecule has 1 aromatic rings. The van der Waals surface area contributed by atoms with Crippen molar-refractivity contribution in [3.8, 4) is 0 Å². The molecule has 1 aliphatic carbocycles. The standard InChI is InChI=1S/C9H14ClN3S/c10-4-7-2-1-3-8(7)5-11-9-13-12-6-14-9/h6-8H,1-5H2,(H,11,13). The minimum atomic E-state index is 0.692. The number of hydrogen-bond acceptors (Lipinski definition) is 4. The number of aromatic nitrogens is 2. The second-order valence-corrected chi connectivity index (χ2v) is 4.87. The fourth-order valence-electron chi connectivity index (χ4n) is 2.05. The molecule has 1 fully saturated rings. The number of halogens is 1. The fourth-order valence-corrected chi connectivity index (χ4v) is 2.92. The first kappa shape index (κ1) is 10.2. The molecule has 0 bridgehead atoms. The molecule has 1 saturated carbocycles. The molecule has 3 nitrogen and oxygen atoms in total. The molecule has 0 aliphatic heterocycles. The zero-order valence-corrected chi connectivity index (χ0v) is 9.52. The summed E-state index contributed by atoms with van der Waals surface area (Å²) in [5.74, 6) is 2.20. The van der Waals surface area contributed by atoms with E-state index in [0.717, 1.165) is 23.5 Å². The highest BCUT2D eigenvalue weighted by molar-refractivity contribution is 7.13. The van der Waals surface area contributed by atoms with Gasteiger partial charge in [-0.2, -0.15) is 0 Å². The van der Waals surface area contributed by atoms with Crippen LogP contribution in [-0.2, 0) is 0 Å². The summed E-state index contributed by atoms with van der Waals surface area (Å²) < 4.78 is 0. The first-order chi connectivity index (χ1) is 6.90. The van der Waals surface area contributed by atoms with Gasteiger partial charge in [0.15, 0.2) is 0 Å². The van der Waals surface area contributed by atoms with Crippen molar-refractivity contribution >= 4 is 28.1 Å². The Bertz CT molecular complexity index is 265. The number of nitrogens with zero attached hydrogens (tertiary/aromatic N) is 2. The Balaban J connectivity index is 1.80. The van der Waals surface area contributed by atoms with Gasteiger partial charge in [-0.1, -0.05) is 17.8 Å². The second-order valence-electron chi connectivity index (χ2n) is 3.73. The van der Waals surface area contributed by atoms with Crippen molar-refractivity contribution in [2.45, 2.75) is 19.3 Å². The van der Waals surface area contributed by atoms with Crippen molar-refractivity contribution in [2.24, 2.45) is 11.8 Å². The van der Waals surface area contributed by atoms with Gasteiger partial charge in [0.1, 0.15) is 5.51 Å². The molecular formula is C9H14ClN3S. The van der Waals surface area contributed by atoms with Crippen LogP contribution >= 0.6 is 22.9 Å². The van der Waals surface area contributed by atoms with Crippen LogP contribution in [0.1, 0.15) is 19.3 Å². The Morgan fingerprint density at radius 3 is 3.07 bits per heavy atom. The molecule has 0 radical (unpaired) electrons. The lowest BCUT2D eigenvalue weighted by Gasteiger charge is -2.16. The molecular weight excluding hydrogens is 218 g/mol. The fraction of sp³-hybridized carbons (Fsp3) is 0.778. The van der Waals surface area contributed by atoms with Crippen LogP contribution in [0.3, 0.4) is 0 Å². The van der Waals surface area contributed by atoms with Gasteiger partial charge in [-0.15, -0.1) is 21.8 Å². The Kier molecular flexibility index (Phi) is 3.59. The molecule has 14 heavy (non-hydrogen) atoms. The summed E-state index contributed by atoms with van der Waals surface area (Å²) in [6, 6.07) is 0. The van der Waals surface area contributed by atoms with E-state index < -0.39 is 0 Å². The van der Waals surface area contributed by atoms with E-state index in [4.69, 9.17) is 11.6 Å². The van der Waals surface area contributed by atoms with Crippen molar-refractivity contribution in [3.63, 3.8) is 0 Å². The molecule has 0 saturated heterocycles. The summed E-state index contributed by atoms with van der Waals surface area (Å²) in [7, 11) is 0. The lowest BCUT2D eigenvalue weighted by molar-refractivity contribution is 0.444. The highest BCUT2D eigenvalue weighted by Crippen LogP contribution is 2.32. The predicted molar refractivity (Wildman–Crippen MR) is 59.9 cm³/mol. The van der Waals surface area contributed by atoms with Gasteiger partial charge >= 0.3 is 0 Å². The van der Waals surface area contributed by atoms with Crippen LogP contribution in [0, 0.1) is 11.8 Å². The average Bonchev–Trinajstić information content (AvgIpc) is 2.85. The number of rotatable bonds is 4. The van der Waals surface area contributed by atoms with E-state index in [9.17, 15) is 0 Å². The zero-order chi connectivity index (χ0) is 9.80. The molecule has 2 unspecified atom stereocenters. The van der Waals surface area contributed by atoms with Crippen molar-refractivity contribution in [1.82, 2.24) is 10.2 Å². The molecule has 0 amide bonds. The third-order valence-electron chi connectivity index (χ3n) is 2.89. The smallest absolute Gasteiger partial charge is 0.205 e. The minimum Gasteiger partial charge on any atom is -0.360 e. The molecule has 1 heterocycles. The number of nitrogens with one attached hydrogen (secondary N) is 1. The molecule has 2 atom stereocenters. The SMILES string of the molecule is ClCC1CCCC1CNc1nncs1. The molecule has 1 aliphatic rings. The van der Waals surface area contributed by atoms with Gasteiger partial charge in [-0.25, -0.2) is 0 Å². The van der Waals surface area contributed by atoms with Crippen LogP contribution in [0.2, 0.25) is 0 Å². The molecule has 1 aromatic heterocycles. The van der Waals surface area contributed by atoms with E-state index in [2.05, 4.69) is 15.5 Å². The van der Waals surface area contributed by atoms with E-state index in [-0.39, 0.29) is 0 Å². The minimum absolute atomic E-state index is 0.692. The average molecular weight is 232 g/mol. The molecule has 1 N–H and O–H groups in total. The van der Waals surface area contributed by atoms with Gasteiger partial charge in [-0.3, -0.25) is 0 Å². The molecule has 0 spiro atoms. The quantitative estimate of drug-likeness (QED) is 0.810. The van der Waals surface area contributed by atoms with E-state index in [1.807, 2.05) is 0 Å². The molecule has 2 rings (SSSR count). The number of anilines is 1.